The molecule has 1 aromatic heterocycles. The topological polar surface area (TPSA) is 59.8 Å². The molecule has 0 spiro atoms. The van der Waals surface area contributed by atoms with Gasteiger partial charge in [-0.15, -0.1) is 0 Å². The zero-order valence-electron chi connectivity index (χ0n) is 16.8. The van der Waals surface area contributed by atoms with Crippen molar-refractivity contribution in [3.63, 3.8) is 0 Å². The molecule has 3 aromatic rings. The normalized spacial score (nSPS) is 19.3. The summed E-state index contributed by atoms with van der Waals surface area (Å²) >= 11 is 0. The predicted octanol–water partition coefficient (Wildman–Crippen LogP) is 4.63. The number of likely N-dealkylation sites (tertiary alicyclic amines) is 1. The third-order valence-corrected chi connectivity index (χ3v) is 5.67. The Kier molecular flexibility index (Phi) is 5.38. The summed E-state index contributed by atoms with van der Waals surface area (Å²) in [6.45, 7) is 4.15. The number of piperidine rings is 1. The molecule has 0 saturated carbocycles. The molecule has 0 N–H and O–H groups in total. The summed E-state index contributed by atoms with van der Waals surface area (Å²) in [5.41, 5.74) is 1.70. The lowest BCUT2D eigenvalue weighted by molar-refractivity contribution is -0.139. The van der Waals surface area contributed by atoms with E-state index in [0.29, 0.717) is 22.3 Å². The summed E-state index contributed by atoms with van der Waals surface area (Å²) in [6.07, 6.45) is 4.69. The molecule has 2 aromatic carbocycles. The van der Waals surface area contributed by atoms with Gasteiger partial charge in [0, 0.05) is 18.2 Å². The number of hydrogen-bond donors (Lipinski definition) is 0. The Labute approximate surface area is 169 Å². The number of nitrogens with zero attached hydrogens (tertiary/aromatic N) is 1. The first kappa shape index (κ1) is 19.2. The van der Waals surface area contributed by atoms with Crippen molar-refractivity contribution in [1.82, 2.24) is 4.90 Å². The molecule has 4 rings (SSSR count). The van der Waals surface area contributed by atoms with E-state index in [4.69, 9.17) is 9.15 Å². The molecule has 2 heterocycles. The number of amides is 1. The maximum atomic E-state index is 12.8. The van der Waals surface area contributed by atoms with E-state index in [2.05, 4.69) is 13.8 Å². The molecule has 2 atom stereocenters. The monoisotopic (exact) mass is 391 g/mol. The third kappa shape index (κ3) is 3.90. The largest absolute Gasteiger partial charge is 0.484 e. The summed E-state index contributed by atoms with van der Waals surface area (Å²) in [6, 6.07) is 15.0. The highest BCUT2D eigenvalue weighted by Crippen LogP contribution is 2.25. The number of fused-ring (bicyclic) bond motifs is 1. The van der Waals surface area contributed by atoms with Crippen LogP contribution in [0.4, 0.5) is 0 Å². The Morgan fingerprint density at radius 3 is 2.55 bits per heavy atom. The molecule has 1 aliphatic rings. The number of ether oxygens (including phenoxy) is 1. The number of benzene rings is 2. The van der Waals surface area contributed by atoms with Gasteiger partial charge in [0.15, 0.2) is 12.0 Å². The fourth-order valence-corrected chi connectivity index (χ4v) is 4.15. The smallest absolute Gasteiger partial charge is 0.260 e. The number of carbonyl (C=O) groups excluding carboxylic acids is 1. The standard InChI is InChI=1S/C24H25NO4/c1-16-7-6-8-17(2)25(16)23(26)15-28-19-11-12-20-22(13-19)29-14-21(24(20)27)18-9-4-3-5-10-18/h3-5,9-14,16-17H,6-8,15H2,1-2H3/t16-,17-/m0/s1. The van der Waals surface area contributed by atoms with Gasteiger partial charge in [-0.05, 0) is 50.8 Å². The summed E-state index contributed by atoms with van der Waals surface area (Å²) in [5.74, 6) is 0.504. The Balaban J connectivity index is 1.52. The van der Waals surface area contributed by atoms with E-state index in [1.165, 1.54) is 6.26 Å². The van der Waals surface area contributed by atoms with E-state index in [1.807, 2.05) is 35.2 Å². The summed E-state index contributed by atoms with van der Waals surface area (Å²) in [7, 11) is 0. The van der Waals surface area contributed by atoms with Crippen molar-refractivity contribution < 1.29 is 13.9 Å². The summed E-state index contributed by atoms with van der Waals surface area (Å²) in [5, 5.41) is 0.489. The van der Waals surface area contributed by atoms with E-state index in [1.54, 1.807) is 18.2 Å². The van der Waals surface area contributed by atoms with Crippen molar-refractivity contribution in [1.29, 1.82) is 0 Å². The van der Waals surface area contributed by atoms with Crippen molar-refractivity contribution in [3.8, 4) is 16.9 Å². The first-order valence-electron chi connectivity index (χ1n) is 10.1. The van der Waals surface area contributed by atoms with Crippen LogP contribution in [-0.2, 0) is 4.79 Å². The lowest BCUT2D eigenvalue weighted by Crippen LogP contribution is -2.49. The van der Waals surface area contributed by atoms with Crippen LogP contribution in [0.15, 0.2) is 64.0 Å². The van der Waals surface area contributed by atoms with E-state index < -0.39 is 0 Å². The molecule has 0 unspecified atom stereocenters. The molecule has 0 radical (unpaired) electrons. The molecule has 150 valence electrons. The Hall–Kier alpha value is -3.08. The number of carbonyl (C=O) groups is 1. The highest BCUT2D eigenvalue weighted by Gasteiger charge is 2.29. The van der Waals surface area contributed by atoms with Crippen LogP contribution in [0.3, 0.4) is 0 Å². The molecule has 5 heteroatoms. The molecule has 1 aliphatic heterocycles. The van der Waals surface area contributed by atoms with Crippen LogP contribution in [0.2, 0.25) is 0 Å². The SMILES string of the molecule is C[C@H]1CCC[C@H](C)N1C(=O)COc1ccc2c(=O)c(-c3ccccc3)coc2c1. The fraction of sp³-hybridized carbons (Fsp3) is 0.333. The third-order valence-electron chi connectivity index (χ3n) is 5.67. The second-order valence-electron chi connectivity index (χ2n) is 7.72. The van der Waals surface area contributed by atoms with E-state index >= 15 is 0 Å². The highest BCUT2D eigenvalue weighted by molar-refractivity contribution is 5.83. The van der Waals surface area contributed by atoms with Gasteiger partial charge in [-0.25, -0.2) is 0 Å². The molecule has 0 bridgehead atoms. The molecule has 0 aliphatic carbocycles. The van der Waals surface area contributed by atoms with Crippen LogP contribution in [0, 0.1) is 0 Å². The van der Waals surface area contributed by atoms with Crippen molar-refractivity contribution in [3.05, 3.63) is 65.0 Å². The fourth-order valence-electron chi connectivity index (χ4n) is 4.15. The molecular weight excluding hydrogens is 366 g/mol. The van der Waals surface area contributed by atoms with Crippen LogP contribution in [-0.4, -0.2) is 29.5 Å². The maximum Gasteiger partial charge on any atom is 0.260 e. The van der Waals surface area contributed by atoms with Crippen molar-refractivity contribution >= 4 is 16.9 Å². The van der Waals surface area contributed by atoms with Gasteiger partial charge in [-0.2, -0.15) is 0 Å². The second kappa shape index (κ2) is 8.11. The maximum absolute atomic E-state index is 12.8. The lowest BCUT2D eigenvalue weighted by Gasteiger charge is -2.38. The molecule has 29 heavy (non-hydrogen) atoms. The quantitative estimate of drug-likeness (QED) is 0.651. The first-order valence-corrected chi connectivity index (χ1v) is 10.1. The van der Waals surface area contributed by atoms with E-state index in [-0.39, 0.29) is 30.0 Å². The van der Waals surface area contributed by atoms with Gasteiger partial charge in [0.05, 0.1) is 10.9 Å². The van der Waals surface area contributed by atoms with Crippen molar-refractivity contribution in [2.24, 2.45) is 0 Å². The summed E-state index contributed by atoms with van der Waals surface area (Å²) in [4.78, 5) is 27.4. The van der Waals surface area contributed by atoms with Crippen LogP contribution < -0.4 is 10.2 Å². The highest BCUT2D eigenvalue weighted by atomic mass is 16.5. The minimum absolute atomic E-state index is 0.00863. The average Bonchev–Trinajstić information content (AvgIpc) is 2.73. The van der Waals surface area contributed by atoms with Gasteiger partial charge >= 0.3 is 0 Å². The van der Waals surface area contributed by atoms with Gasteiger partial charge in [0.25, 0.3) is 5.91 Å². The van der Waals surface area contributed by atoms with Crippen LogP contribution in [0.1, 0.15) is 33.1 Å². The van der Waals surface area contributed by atoms with Crippen LogP contribution in [0.5, 0.6) is 5.75 Å². The van der Waals surface area contributed by atoms with Gasteiger partial charge in [-0.1, -0.05) is 30.3 Å². The first-order chi connectivity index (χ1) is 14.0. The minimum Gasteiger partial charge on any atom is -0.484 e. The van der Waals surface area contributed by atoms with Crippen molar-refractivity contribution in [2.45, 2.75) is 45.2 Å². The zero-order chi connectivity index (χ0) is 20.4. The predicted molar refractivity (Wildman–Crippen MR) is 113 cm³/mol. The molecular formula is C24H25NO4. The Morgan fingerprint density at radius 2 is 1.83 bits per heavy atom. The van der Waals surface area contributed by atoms with Crippen LogP contribution in [0.25, 0.3) is 22.1 Å². The average molecular weight is 391 g/mol. The number of rotatable bonds is 4. The van der Waals surface area contributed by atoms with Gasteiger partial charge < -0.3 is 14.1 Å². The Bertz CT molecular complexity index is 1060. The van der Waals surface area contributed by atoms with Gasteiger partial charge in [0.2, 0.25) is 0 Å². The van der Waals surface area contributed by atoms with Gasteiger partial charge in [0.1, 0.15) is 17.6 Å². The number of hydrogen-bond acceptors (Lipinski definition) is 4. The Morgan fingerprint density at radius 1 is 1.10 bits per heavy atom. The summed E-state index contributed by atoms with van der Waals surface area (Å²) < 4.78 is 11.4. The van der Waals surface area contributed by atoms with E-state index in [0.717, 1.165) is 24.8 Å². The van der Waals surface area contributed by atoms with Crippen molar-refractivity contribution in [2.75, 3.05) is 6.61 Å². The second-order valence-corrected chi connectivity index (χ2v) is 7.72. The van der Waals surface area contributed by atoms with Gasteiger partial charge in [-0.3, -0.25) is 9.59 Å². The molecule has 1 amide bonds. The lowest BCUT2D eigenvalue weighted by atomic mass is 9.97. The minimum atomic E-state index is -0.0870. The van der Waals surface area contributed by atoms with E-state index in [9.17, 15) is 9.59 Å². The van der Waals surface area contributed by atoms with Crippen LogP contribution >= 0.6 is 0 Å². The molecule has 1 fully saturated rings. The zero-order valence-corrected chi connectivity index (χ0v) is 16.8. The molecule has 5 nitrogen and oxygen atoms in total. The molecule has 1 saturated heterocycles.